The number of aromatic amines is 1. The van der Waals surface area contributed by atoms with Crippen LogP contribution in [-0.2, 0) is 11.3 Å². The van der Waals surface area contributed by atoms with Crippen molar-refractivity contribution in [2.75, 3.05) is 11.9 Å². The van der Waals surface area contributed by atoms with Crippen molar-refractivity contribution in [3.05, 3.63) is 39.1 Å². The molecule has 0 bridgehead atoms. The SMILES string of the molecule is C[Si](C)(C)CCOCc1[nH]ncc1Nc1c(Br)cc(Cl)cc1C=O. The first-order chi connectivity index (χ1) is 11.3. The van der Waals surface area contributed by atoms with Gasteiger partial charge in [-0.2, -0.15) is 5.10 Å². The Kier molecular flexibility index (Phi) is 6.62. The van der Waals surface area contributed by atoms with Crippen molar-refractivity contribution in [2.24, 2.45) is 0 Å². The lowest BCUT2D eigenvalue weighted by molar-refractivity contribution is 0.112. The van der Waals surface area contributed by atoms with Gasteiger partial charge in [-0.15, -0.1) is 0 Å². The minimum Gasteiger partial charge on any atom is -0.375 e. The van der Waals surface area contributed by atoms with Gasteiger partial charge in [0.1, 0.15) is 0 Å². The van der Waals surface area contributed by atoms with Gasteiger partial charge in [0.25, 0.3) is 0 Å². The topological polar surface area (TPSA) is 67.0 Å². The number of hydrogen-bond acceptors (Lipinski definition) is 4. The van der Waals surface area contributed by atoms with Crippen LogP contribution in [0.5, 0.6) is 0 Å². The fourth-order valence-corrected chi connectivity index (χ4v) is 3.73. The molecule has 0 aliphatic rings. The number of aromatic nitrogens is 2. The summed E-state index contributed by atoms with van der Waals surface area (Å²) >= 11 is 9.42. The van der Waals surface area contributed by atoms with Gasteiger partial charge in [0.05, 0.1) is 29.9 Å². The molecule has 8 heteroatoms. The fourth-order valence-electron chi connectivity index (χ4n) is 2.04. The van der Waals surface area contributed by atoms with E-state index in [1.54, 1.807) is 18.3 Å². The van der Waals surface area contributed by atoms with Crippen molar-refractivity contribution < 1.29 is 9.53 Å². The maximum Gasteiger partial charge on any atom is 0.152 e. The van der Waals surface area contributed by atoms with Crippen LogP contribution in [-0.4, -0.2) is 31.2 Å². The Bertz CT molecular complexity index is 716. The zero-order chi connectivity index (χ0) is 17.7. The van der Waals surface area contributed by atoms with Crippen LogP contribution < -0.4 is 5.32 Å². The third kappa shape index (κ3) is 5.44. The highest BCUT2D eigenvalue weighted by atomic mass is 79.9. The standard InChI is InChI=1S/C16H21BrClN3O2Si/c1-24(2,3)5-4-23-10-15-14(8-19-21-15)20-16-11(9-22)6-12(18)7-13(16)17/h6-9,20H,4-5,10H2,1-3H3,(H,19,21). The Hall–Kier alpha value is -1.15. The van der Waals surface area contributed by atoms with E-state index in [0.717, 1.165) is 30.3 Å². The molecule has 1 aromatic carbocycles. The molecule has 0 saturated heterocycles. The van der Waals surface area contributed by atoms with E-state index >= 15 is 0 Å². The predicted molar refractivity (Wildman–Crippen MR) is 104 cm³/mol. The molecule has 130 valence electrons. The zero-order valence-electron chi connectivity index (χ0n) is 14.0. The van der Waals surface area contributed by atoms with Gasteiger partial charge in [0, 0.05) is 29.7 Å². The Labute approximate surface area is 156 Å². The number of carbonyl (C=O) groups is 1. The first kappa shape index (κ1) is 19.2. The van der Waals surface area contributed by atoms with Gasteiger partial charge in [0.15, 0.2) is 6.29 Å². The van der Waals surface area contributed by atoms with E-state index in [-0.39, 0.29) is 0 Å². The third-order valence-corrected chi connectivity index (χ3v) is 5.98. The van der Waals surface area contributed by atoms with Crippen LogP contribution in [0.3, 0.4) is 0 Å². The molecule has 24 heavy (non-hydrogen) atoms. The number of ether oxygens (including phenoxy) is 1. The van der Waals surface area contributed by atoms with Crippen LogP contribution in [0.4, 0.5) is 11.4 Å². The molecule has 1 aromatic heterocycles. The molecule has 0 aliphatic heterocycles. The van der Waals surface area contributed by atoms with E-state index in [2.05, 4.69) is 51.1 Å². The van der Waals surface area contributed by atoms with E-state index in [4.69, 9.17) is 16.3 Å². The number of nitrogens with zero attached hydrogens (tertiary/aromatic N) is 1. The maximum absolute atomic E-state index is 11.3. The van der Waals surface area contributed by atoms with E-state index in [9.17, 15) is 4.79 Å². The third-order valence-electron chi connectivity index (χ3n) is 3.43. The second-order valence-electron chi connectivity index (χ2n) is 6.72. The van der Waals surface area contributed by atoms with Crippen LogP contribution in [0, 0.1) is 0 Å². The number of hydrogen-bond donors (Lipinski definition) is 2. The molecule has 5 nitrogen and oxygen atoms in total. The number of benzene rings is 1. The number of aldehydes is 1. The molecule has 0 atom stereocenters. The molecule has 0 saturated carbocycles. The lowest BCUT2D eigenvalue weighted by Crippen LogP contribution is -2.21. The number of anilines is 2. The molecular formula is C16H21BrClN3O2Si. The van der Waals surface area contributed by atoms with Crippen LogP contribution in [0.1, 0.15) is 16.1 Å². The summed E-state index contributed by atoms with van der Waals surface area (Å²) in [5.41, 5.74) is 2.73. The highest BCUT2D eigenvalue weighted by Gasteiger charge is 2.14. The Balaban J connectivity index is 2.07. The smallest absolute Gasteiger partial charge is 0.152 e. The zero-order valence-corrected chi connectivity index (χ0v) is 17.3. The minimum absolute atomic E-state index is 0.439. The average molecular weight is 431 g/mol. The lowest BCUT2D eigenvalue weighted by Gasteiger charge is -2.15. The lowest BCUT2D eigenvalue weighted by atomic mass is 10.2. The average Bonchev–Trinajstić information content (AvgIpc) is 2.92. The van der Waals surface area contributed by atoms with Gasteiger partial charge < -0.3 is 10.1 Å². The van der Waals surface area contributed by atoms with Crippen molar-refractivity contribution in [3.63, 3.8) is 0 Å². The summed E-state index contributed by atoms with van der Waals surface area (Å²) in [4.78, 5) is 11.3. The van der Waals surface area contributed by atoms with Crippen molar-refractivity contribution in [1.82, 2.24) is 10.2 Å². The number of carbonyl (C=O) groups excluding carboxylic acids is 1. The number of H-pyrrole nitrogens is 1. The van der Waals surface area contributed by atoms with Gasteiger partial charge in [0.2, 0.25) is 0 Å². The summed E-state index contributed by atoms with van der Waals surface area (Å²) in [5, 5.41) is 10.7. The Morgan fingerprint density at radius 1 is 1.42 bits per heavy atom. The molecule has 2 N–H and O–H groups in total. The number of rotatable bonds is 8. The molecule has 2 rings (SSSR count). The van der Waals surface area contributed by atoms with Gasteiger partial charge in [-0.25, -0.2) is 0 Å². The van der Waals surface area contributed by atoms with Gasteiger partial charge in [-0.1, -0.05) is 31.2 Å². The second kappa shape index (κ2) is 8.29. The maximum atomic E-state index is 11.3. The second-order valence-corrected chi connectivity index (χ2v) is 13.6. The molecule has 1 heterocycles. The monoisotopic (exact) mass is 429 g/mol. The highest BCUT2D eigenvalue weighted by molar-refractivity contribution is 9.10. The first-order valence-electron chi connectivity index (χ1n) is 7.61. The number of nitrogens with one attached hydrogen (secondary N) is 2. The van der Waals surface area contributed by atoms with E-state index < -0.39 is 8.07 Å². The fraction of sp³-hybridized carbons (Fsp3) is 0.375. The summed E-state index contributed by atoms with van der Waals surface area (Å²) in [6.45, 7) is 8.13. The molecule has 0 unspecified atom stereocenters. The van der Waals surface area contributed by atoms with Crippen LogP contribution in [0.15, 0.2) is 22.8 Å². The Morgan fingerprint density at radius 3 is 2.83 bits per heavy atom. The highest BCUT2D eigenvalue weighted by Crippen LogP contribution is 2.32. The van der Waals surface area contributed by atoms with Crippen LogP contribution >= 0.6 is 27.5 Å². The first-order valence-corrected chi connectivity index (χ1v) is 12.5. The van der Waals surface area contributed by atoms with E-state index in [1.165, 1.54) is 0 Å². The van der Waals surface area contributed by atoms with Crippen molar-refractivity contribution in [2.45, 2.75) is 32.3 Å². The summed E-state index contributed by atoms with van der Waals surface area (Å²) in [6, 6.07) is 4.47. The van der Waals surface area contributed by atoms with Crippen molar-refractivity contribution >= 4 is 53.3 Å². The predicted octanol–water partition coefficient (Wildman–Crippen LogP) is 5.24. The van der Waals surface area contributed by atoms with Crippen molar-refractivity contribution in [3.8, 4) is 0 Å². The van der Waals surface area contributed by atoms with Gasteiger partial charge in [-0.3, -0.25) is 9.89 Å². The summed E-state index contributed by atoms with van der Waals surface area (Å²) < 4.78 is 6.47. The summed E-state index contributed by atoms with van der Waals surface area (Å²) in [7, 11) is -1.10. The van der Waals surface area contributed by atoms with Crippen LogP contribution in [0.25, 0.3) is 0 Å². The minimum atomic E-state index is -1.10. The molecule has 0 fully saturated rings. The quantitative estimate of drug-likeness (QED) is 0.341. The summed E-state index contributed by atoms with van der Waals surface area (Å²) in [5.74, 6) is 0. The largest absolute Gasteiger partial charge is 0.375 e. The normalized spacial score (nSPS) is 11.5. The van der Waals surface area contributed by atoms with Crippen LogP contribution in [0.2, 0.25) is 30.7 Å². The number of halogens is 2. The Morgan fingerprint density at radius 2 is 2.17 bits per heavy atom. The summed E-state index contributed by atoms with van der Waals surface area (Å²) in [6.07, 6.45) is 2.44. The molecule has 0 aliphatic carbocycles. The molecule has 0 amide bonds. The molecule has 0 radical (unpaired) electrons. The molecule has 2 aromatic rings. The van der Waals surface area contributed by atoms with E-state index in [1.807, 2.05) is 0 Å². The molecular weight excluding hydrogens is 410 g/mol. The van der Waals surface area contributed by atoms with E-state index in [0.29, 0.717) is 27.4 Å². The van der Waals surface area contributed by atoms with Gasteiger partial charge >= 0.3 is 0 Å². The van der Waals surface area contributed by atoms with Crippen molar-refractivity contribution in [1.29, 1.82) is 0 Å². The molecule has 0 spiro atoms. The van der Waals surface area contributed by atoms with Gasteiger partial charge in [-0.05, 0) is 34.1 Å².